The average molecular weight is 266 g/mol. The Balaban J connectivity index is 1.72. The molecule has 2 rings (SSSR count). The molecule has 0 aliphatic heterocycles. The second kappa shape index (κ2) is 5.73. The Hall–Kier alpha value is -2.05. The van der Waals surface area contributed by atoms with E-state index >= 15 is 0 Å². The zero-order chi connectivity index (χ0) is 13.7. The first kappa shape index (κ1) is 13.4. The molecule has 104 valence electrons. The predicted molar refractivity (Wildman–Crippen MR) is 67.4 cm³/mol. The van der Waals surface area contributed by atoms with E-state index in [0.717, 1.165) is 25.0 Å². The van der Waals surface area contributed by atoms with Crippen LogP contribution < -0.4 is 10.6 Å². The van der Waals surface area contributed by atoms with Crippen LogP contribution in [0.25, 0.3) is 0 Å². The van der Waals surface area contributed by atoms with Gasteiger partial charge in [-0.1, -0.05) is 6.42 Å². The molecular weight excluding hydrogens is 248 g/mol. The van der Waals surface area contributed by atoms with Crippen LogP contribution >= 0.6 is 0 Å². The van der Waals surface area contributed by atoms with Crippen LogP contribution in [0.2, 0.25) is 0 Å². The number of hydrogen-bond acceptors (Lipinski definition) is 3. The molecule has 1 aromatic rings. The van der Waals surface area contributed by atoms with Crippen molar-refractivity contribution in [3.63, 3.8) is 0 Å². The van der Waals surface area contributed by atoms with E-state index in [-0.39, 0.29) is 17.9 Å². The SMILES string of the molecule is O=C(O)CC1(CNC(=O)NCc2cnc[nH]2)CCC1. The Labute approximate surface area is 110 Å². The maximum absolute atomic E-state index is 11.6. The van der Waals surface area contributed by atoms with Crippen LogP contribution in [0, 0.1) is 5.41 Å². The summed E-state index contributed by atoms with van der Waals surface area (Å²) in [6, 6.07) is -0.286. The maximum atomic E-state index is 11.6. The molecule has 0 atom stereocenters. The van der Waals surface area contributed by atoms with Gasteiger partial charge in [0.1, 0.15) is 0 Å². The second-order valence-corrected chi connectivity index (χ2v) is 5.04. The molecule has 4 N–H and O–H groups in total. The smallest absolute Gasteiger partial charge is 0.315 e. The summed E-state index contributed by atoms with van der Waals surface area (Å²) >= 11 is 0. The molecule has 0 unspecified atom stereocenters. The van der Waals surface area contributed by atoms with E-state index < -0.39 is 5.97 Å². The van der Waals surface area contributed by atoms with Gasteiger partial charge in [-0.05, 0) is 18.3 Å². The quantitative estimate of drug-likeness (QED) is 0.612. The lowest BCUT2D eigenvalue weighted by molar-refractivity contribution is -0.141. The number of amides is 2. The van der Waals surface area contributed by atoms with E-state index in [0.29, 0.717) is 13.1 Å². The van der Waals surface area contributed by atoms with Gasteiger partial charge in [0.05, 0.1) is 25.0 Å². The summed E-state index contributed by atoms with van der Waals surface area (Å²) in [4.78, 5) is 29.1. The van der Waals surface area contributed by atoms with Crippen molar-refractivity contribution < 1.29 is 14.7 Å². The van der Waals surface area contributed by atoms with Crippen LogP contribution in [-0.4, -0.2) is 33.6 Å². The molecule has 1 fully saturated rings. The lowest BCUT2D eigenvalue weighted by Crippen LogP contribution is -2.46. The largest absolute Gasteiger partial charge is 0.481 e. The number of carbonyl (C=O) groups excluding carboxylic acids is 1. The number of imidazole rings is 1. The molecule has 1 saturated carbocycles. The van der Waals surface area contributed by atoms with Gasteiger partial charge in [0.15, 0.2) is 0 Å². The number of nitrogens with zero attached hydrogens (tertiary/aromatic N) is 1. The van der Waals surface area contributed by atoms with Crippen LogP contribution in [0.3, 0.4) is 0 Å². The second-order valence-electron chi connectivity index (χ2n) is 5.04. The van der Waals surface area contributed by atoms with Gasteiger partial charge >= 0.3 is 12.0 Å². The number of aromatic nitrogens is 2. The van der Waals surface area contributed by atoms with Gasteiger partial charge in [-0.15, -0.1) is 0 Å². The van der Waals surface area contributed by atoms with E-state index in [2.05, 4.69) is 20.6 Å². The third-order valence-electron chi connectivity index (χ3n) is 3.56. The van der Waals surface area contributed by atoms with Gasteiger partial charge in [-0.2, -0.15) is 0 Å². The highest BCUT2D eigenvalue weighted by atomic mass is 16.4. The van der Waals surface area contributed by atoms with E-state index in [1.807, 2.05) is 0 Å². The summed E-state index contributed by atoms with van der Waals surface area (Å²) in [5, 5.41) is 14.3. The van der Waals surface area contributed by atoms with Gasteiger partial charge < -0.3 is 20.7 Å². The molecule has 0 bridgehead atoms. The molecule has 0 aromatic carbocycles. The van der Waals surface area contributed by atoms with Crippen molar-refractivity contribution in [1.29, 1.82) is 0 Å². The molecule has 0 saturated heterocycles. The standard InChI is InChI=1S/C12H18N4O3/c17-10(18)4-12(2-1-3-12)7-15-11(19)14-6-9-5-13-8-16-9/h5,8H,1-4,6-7H2,(H,13,16)(H,17,18)(H2,14,15,19). The molecule has 0 spiro atoms. The van der Waals surface area contributed by atoms with Crippen molar-refractivity contribution in [2.45, 2.75) is 32.2 Å². The van der Waals surface area contributed by atoms with Gasteiger partial charge in [0.25, 0.3) is 0 Å². The third kappa shape index (κ3) is 3.70. The van der Waals surface area contributed by atoms with E-state index in [4.69, 9.17) is 5.11 Å². The molecule has 1 heterocycles. The molecule has 2 amide bonds. The van der Waals surface area contributed by atoms with Crippen LogP contribution in [-0.2, 0) is 11.3 Å². The van der Waals surface area contributed by atoms with E-state index in [9.17, 15) is 9.59 Å². The molecule has 1 aromatic heterocycles. The van der Waals surface area contributed by atoms with Crippen LogP contribution in [0.5, 0.6) is 0 Å². The molecular formula is C12H18N4O3. The lowest BCUT2D eigenvalue weighted by atomic mass is 9.66. The first-order valence-electron chi connectivity index (χ1n) is 6.30. The van der Waals surface area contributed by atoms with Crippen LogP contribution in [0.1, 0.15) is 31.4 Å². The third-order valence-corrected chi connectivity index (χ3v) is 3.56. The minimum atomic E-state index is -0.806. The monoisotopic (exact) mass is 266 g/mol. The highest BCUT2D eigenvalue weighted by Crippen LogP contribution is 2.43. The van der Waals surface area contributed by atoms with Gasteiger partial charge in [-0.3, -0.25) is 4.79 Å². The van der Waals surface area contributed by atoms with Crippen molar-refractivity contribution in [3.05, 3.63) is 18.2 Å². The van der Waals surface area contributed by atoms with Crippen LogP contribution in [0.15, 0.2) is 12.5 Å². The summed E-state index contributed by atoms with van der Waals surface area (Å²) in [6.45, 7) is 0.784. The number of aliphatic carboxylic acids is 1. The number of nitrogens with one attached hydrogen (secondary N) is 3. The predicted octanol–water partition coefficient (Wildman–Crippen LogP) is 0.854. The van der Waals surface area contributed by atoms with Crippen molar-refractivity contribution in [2.75, 3.05) is 6.54 Å². The first-order chi connectivity index (χ1) is 9.10. The number of urea groups is 1. The van der Waals surface area contributed by atoms with E-state index in [1.54, 1.807) is 12.5 Å². The number of H-pyrrole nitrogens is 1. The highest BCUT2D eigenvalue weighted by Gasteiger charge is 2.39. The number of carbonyl (C=O) groups is 2. The fourth-order valence-electron chi connectivity index (χ4n) is 2.30. The summed E-state index contributed by atoms with van der Waals surface area (Å²) in [6.07, 6.45) is 6.06. The number of rotatable bonds is 6. The van der Waals surface area contributed by atoms with Crippen molar-refractivity contribution in [2.24, 2.45) is 5.41 Å². The van der Waals surface area contributed by atoms with Gasteiger partial charge in [0.2, 0.25) is 0 Å². The van der Waals surface area contributed by atoms with Gasteiger partial charge in [-0.25, -0.2) is 9.78 Å². The number of hydrogen-bond donors (Lipinski definition) is 4. The molecule has 1 aliphatic rings. The maximum Gasteiger partial charge on any atom is 0.315 e. The minimum absolute atomic E-state index is 0.119. The number of carboxylic acid groups (broad SMARTS) is 1. The Morgan fingerprint density at radius 1 is 1.42 bits per heavy atom. The summed E-state index contributed by atoms with van der Waals surface area (Å²) < 4.78 is 0. The minimum Gasteiger partial charge on any atom is -0.481 e. The lowest BCUT2D eigenvalue weighted by Gasteiger charge is -2.40. The normalized spacial score (nSPS) is 16.4. The molecule has 1 aliphatic carbocycles. The highest BCUT2D eigenvalue weighted by molar-refractivity contribution is 5.74. The number of aromatic amines is 1. The number of carboxylic acids is 1. The Kier molecular flexibility index (Phi) is 4.03. The Bertz CT molecular complexity index is 440. The fourth-order valence-corrected chi connectivity index (χ4v) is 2.30. The molecule has 7 nitrogen and oxygen atoms in total. The summed E-state index contributed by atoms with van der Waals surface area (Å²) in [5.74, 6) is -0.806. The van der Waals surface area contributed by atoms with Crippen molar-refractivity contribution >= 4 is 12.0 Å². The van der Waals surface area contributed by atoms with Crippen LogP contribution in [0.4, 0.5) is 4.79 Å². The van der Waals surface area contributed by atoms with E-state index in [1.165, 1.54) is 0 Å². The Morgan fingerprint density at radius 2 is 2.21 bits per heavy atom. The van der Waals surface area contributed by atoms with Crippen molar-refractivity contribution in [1.82, 2.24) is 20.6 Å². The molecule has 19 heavy (non-hydrogen) atoms. The first-order valence-corrected chi connectivity index (χ1v) is 6.30. The Morgan fingerprint density at radius 3 is 2.74 bits per heavy atom. The average Bonchev–Trinajstić information content (AvgIpc) is 2.82. The molecule has 7 heteroatoms. The van der Waals surface area contributed by atoms with Gasteiger partial charge in [0, 0.05) is 12.7 Å². The summed E-state index contributed by atoms with van der Waals surface area (Å²) in [5.41, 5.74) is 0.566. The molecule has 0 radical (unpaired) electrons. The zero-order valence-corrected chi connectivity index (χ0v) is 10.6. The fraction of sp³-hybridized carbons (Fsp3) is 0.583. The summed E-state index contributed by atoms with van der Waals surface area (Å²) in [7, 11) is 0. The zero-order valence-electron chi connectivity index (χ0n) is 10.6. The topological polar surface area (TPSA) is 107 Å². The van der Waals surface area contributed by atoms with Crippen molar-refractivity contribution in [3.8, 4) is 0 Å².